The van der Waals surface area contributed by atoms with Gasteiger partial charge in [-0.25, -0.2) is 4.98 Å². The molecular formula is C14H24ClN3O. The maximum Gasteiger partial charge on any atom is 0.128 e. The number of nitrogens with one attached hydrogen (secondary N) is 1. The zero-order chi connectivity index (χ0) is 14.4. The average Bonchev–Trinajstić information content (AvgIpc) is 2.37. The van der Waals surface area contributed by atoms with E-state index in [4.69, 9.17) is 16.3 Å². The molecule has 1 aromatic rings. The molecule has 19 heavy (non-hydrogen) atoms. The van der Waals surface area contributed by atoms with Gasteiger partial charge >= 0.3 is 0 Å². The van der Waals surface area contributed by atoms with Crippen LogP contribution in [-0.4, -0.2) is 37.8 Å². The number of pyridine rings is 1. The van der Waals surface area contributed by atoms with Gasteiger partial charge in [0.2, 0.25) is 0 Å². The number of aromatic nitrogens is 1. The van der Waals surface area contributed by atoms with Gasteiger partial charge in [0.05, 0.1) is 17.7 Å². The Morgan fingerprint density at radius 2 is 2.11 bits per heavy atom. The summed E-state index contributed by atoms with van der Waals surface area (Å²) in [5.41, 5.74) is 1.07. The summed E-state index contributed by atoms with van der Waals surface area (Å²) in [6, 6.07) is 2.73. The van der Waals surface area contributed by atoms with Crippen LogP contribution in [0.2, 0.25) is 5.02 Å². The standard InChI is InChI=1S/C14H24ClN3O/c1-10(2)16-7-12-6-14(17-8-13(12)15)18(4)11(3)9-19-5/h6,8,10-11,16H,7,9H2,1-5H3. The predicted octanol–water partition coefficient (Wildman–Crippen LogP) is 2.70. The van der Waals surface area contributed by atoms with Crippen LogP contribution in [0.4, 0.5) is 5.82 Å². The summed E-state index contributed by atoms with van der Waals surface area (Å²) >= 11 is 6.18. The van der Waals surface area contributed by atoms with Crippen LogP contribution in [0, 0.1) is 0 Å². The molecule has 0 aliphatic rings. The SMILES string of the molecule is COCC(C)N(C)c1cc(CNC(C)C)c(Cl)cn1. The van der Waals surface area contributed by atoms with Gasteiger partial charge in [0, 0.05) is 32.9 Å². The molecule has 0 radical (unpaired) electrons. The Labute approximate surface area is 121 Å². The smallest absolute Gasteiger partial charge is 0.128 e. The third-order valence-electron chi connectivity index (χ3n) is 3.05. The molecule has 1 atom stereocenters. The van der Waals surface area contributed by atoms with E-state index in [1.54, 1.807) is 13.3 Å². The minimum atomic E-state index is 0.268. The van der Waals surface area contributed by atoms with Crippen LogP contribution < -0.4 is 10.2 Å². The third kappa shape index (κ3) is 4.97. The largest absolute Gasteiger partial charge is 0.383 e. The van der Waals surface area contributed by atoms with Crippen LogP contribution in [0.5, 0.6) is 0 Å². The average molecular weight is 286 g/mol. The van der Waals surface area contributed by atoms with E-state index < -0.39 is 0 Å². The summed E-state index contributed by atoms with van der Waals surface area (Å²) in [7, 11) is 3.72. The number of hydrogen-bond donors (Lipinski definition) is 1. The van der Waals surface area contributed by atoms with Crippen LogP contribution in [0.25, 0.3) is 0 Å². The summed E-state index contributed by atoms with van der Waals surface area (Å²) < 4.78 is 5.17. The van der Waals surface area contributed by atoms with E-state index in [-0.39, 0.29) is 6.04 Å². The minimum Gasteiger partial charge on any atom is -0.383 e. The van der Waals surface area contributed by atoms with E-state index in [0.29, 0.717) is 17.7 Å². The second-order valence-corrected chi connectivity index (χ2v) is 5.49. The molecule has 4 nitrogen and oxygen atoms in total. The van der Waals surface area contributed by atoms with Crippen LogP contribution in [0.3, 0.4) is 0 Å². The Morgan fingerprint density at radius 1 is 1.42 bits per heavy atom. The highest BCUT2D eigenvalue weighted by Gasteiger charge is 2.13. The van der Waals surface area contributed by atoms with E-state index in [1.807, 2.05) is 13.1 Å². The van der Waals surface area contributed by atoms with Crippen molar-refractivity contribution in [3.8, 4) is 0 Å². The zero-order valence-electron chi connectivity index (χ0n) is 12.4. The first kappa shape index (κ1) is 16.2. The number of ether oxygens (including phenoxy) is 1. The third-order valence-corrected chi connectivity index (χ3v) is 3.39. The Hall–Kier alpha value is -0.840. The lowest BCUT2D eigenvalue weighted by Crippen LogP contribution is -2.33. The van der Waals surface area contributed by atoms with E-state index >= 15 is 0 Å². The summed E-state index contributed by atoms with van der Waals surface area (Å²) in [6.45, 7) is 7.75. The number of nitrogens with zero attached hydrogens (tertiary/aromatic N) is 2. The highest BCUT2D eigenvalue weighted by Crippen LogP contribution is 2.21. The Morgan fingerprint density at radius 3 is 2.68 bits per heavy atom. The number of halogens is 1. The highest BCUT2D eigenvalue weighted by atomic mass is 35.5. The molecule has 108 valence electrons. The second-order valence-electron chi connectivity index (χ2n) is 5.08. The predicted molar refractivity (Wildman–Crippen MR) is 81.0 cm³/mol. The van der Waals surface area contributed by atoms with Gasteiger partial charge in [0.25, 0.3) is 0 Å². The van der Waals surface area contributed by atoms with Crippen LogP contribution in [-0.2, 0) is 11.3 Å². The fraction of sp³-hybridized carbons (Fsp3) is 0.643. The molecule has 1 heterocycles. The van der Waals surface area contributed by atoms with Crippen molar-refractivity contribution in [3.05, 3.63) is 22.8 Å². The molecule has 0 amide bonds. The van der Waals surface area contributed by atoms with E-state index in [2.05, 4.69) is 36.0 Å². The lowest BCUT2D eigenvalue weighted by atomic mass is 10.2. The quantitative estimate of drug-likeness (QED) is 0.836. The molecule has 0 saturated heterocycles. The van der Waals surface area contributed by atoms with Crippen molar-refractivity contribution >= 4 is 17.4 Å². The second kappa shape index (κ2) is 7.68. The molecule has 0 aliphatic heterocycles. The summed E-state index contributed by atoms with van der Waals surface area (Å²) in [6.07, 6.45) is 1.71. The normalized spacial score (nSPS) is 12.8. The molecule has 0 fully saturated rings. The van der Waals surface area contributed by atoms with Crippen molar-refractivity contribution in [1.29, 1.82) is 0 Å². The number of anilines is 1. The van der Waals surface area contributed by atoms with Crippen molar-refractivity contribution in [2.45, 2.75) is 39.4 Å². The lowest BCUT2D eigenvalue weighted by Gasteiger charge is -2.26. The van der Waals surface area contributed by atoms with Gasteiger partial charge in [-0.1, -0.05) is 25.4 Å². The highest BCUT2D eigenvalue weighted by molar-refractivity contribution is 6.31. The molecule has 1 N–H and O–H groups in total. The van der Waals surface area contributed by atoms with Crippen molar-refractivity contribution in [3.63, 3.8) is 0 Å². The summed E-state index contributed by atoms with van der Waals surface area (Å²) in [5.74, 6) is 0.912. The maximum atomic E-state index is 6.18. The van der Waals surface area contributed by atoms with Gasteiger partial charge in [0.1, 0.15) is 5.82 Å². The zero-order valence-corrected chi connectivity index (χ0v) is 13.2. The lowest BCUT2D eigenvalue weighted by molar-refractivity contribution is 0.183. The fourth-order valence-corrected chi connectivity index (χ4v) is 1.86. The molecule has 0 aliphatic carbocycles. The van der Waals surface area contributed by atoms with Gasteiger partial charge < -0.3 is 15.0 Å². The molecular weight excluding hydrogens is 262 g/mol. The number of rotatable bonds is 7. The number of hydrogen-bond acceptors (Lipinski definition) is 4. The number of likely N-dealkylation sites (N-methyl/N-ethyl adjacent to an activating group) is 1. The first-order valence-corrected chi connectivity index (χ1v) is 6.93. The first-order chi connectivity index (χ1) is 8.95. The van der Waals surface area contributed by atoms with Crippen LogP contribution in [0.1, 0.15) is 26.3 Å². The van der Waals surface area contributed by atoms with Crippen LogP contribution in [0.15, 0.2) is 12.3 Å². The number of methoxy groups -OCH3 is 1. The molecule has 1 unspecified atom stereocenters. The van der Waals surface area contributed by atoms with Gasteiger partial charge in [-0.05, 0) is 18.6 Å². The van der Waals surface area contributed by atoms with Gasteiger partial charge in [-0.2, -0.15) is 0 Å². The Balaban J connectivity index is 2.82. The van der Waals surface area contributed by atoms with E-state index in [0.717, 1.165) is 17.9 Å². The first-order valence-electron chi connectivity index (χ1n) is 6.55. The molecule has 0 aromatic carbocycles. The summed E-state index contributed by atoms with van der Waals surface area (Å²) in [4.78, 5) is 6.48. The van der Waals surface area contributed by atoms with Gasteiger partial charge in [0.15, 0.2) is 0 Å². The van der Waals surface area contributed by atoms with Crippen molar-refractivity contribution in [2.75, 3.05) is 25.7 Å². The fourth-order valence-electron chi connectivity index (χ4n) is 1.69. The van der Waals surface area contributed by atoms with E-state index in [1.165, 1.54) is 0 Å². The molecule has 1 rings (SSSR count). The molecule has 0 saturated carbocycles. The van der Waals surface area contributed by atoms with E-state index in [9.17, 15) is 0 Å². The Bertz CT molecular complexity index is 398. The van der Waals surface area contributed by atoms with Gasteiger partial charge in [-0.15, -0.1) is 0 Å². The monoisotopic (exact) mass is 285 g/mol. The molecule has 5 heteroatoms. The van der Waals surface area contributed by atoms with Crippen LogP contribution >= 0.6 is 11.6 Å². The van der Waals surface area contributed by atoms with Gasteiger partial charge in [-0.3, -0.25) is 0 Å². The summed E-state index contributed by atoms with van der Waals surface area (Å²) in [5, 5.41) is 4.07. The molecule has 0 spiro atoms. The topological polar surface area (TPSA) is 37.4 Å². The molecule has 1 aromatic heterocycles. The van der Waals surface area contributed by atoms with Crippen molar-refractivity contribution in [2.24, 2.45) is 0 Å². The van der Waals surface area contributed by atoms with Crippen molar-refractivity contribution < 1.29 is 4.74 Å². The minimum absolute atomic E-state index is 0.268. The van der Waals surface area contributed by atoms with Crippen molar-refractivity contribution in [1.82, 2.24) is 10.3 Å². The molecule has 0 bridgehead atoms. The maximum absolute atomic E-state index is 6.18. The Kier molecular flexibility index (Phi) is 6.55.